The molecule has 2 aromatic rings. The van der Waals surface area contributed by atoms with Gasteiger partial charge in [-0.25, -0.2) is 4.39 Å². The van der Waals surface area contributed by atoms with E-state index >= 15 is 0 Å². The van der Waals surface area contributed by atoms with Crippen LogP contribution in [0.1, 0.15) is 49.8 Å². The van der Waals surface area contributed by atoms with Gasteiger partial charge in [0.2, 0.25) is 0 Å². The fourth-order valence-electron chi connectivity index (χ4n) is 3.90. The van der Waals surface area contributed by atoms with Crippen molar-refractivity contribution in [2.24, 2.45) is 0 Å². The lowest BCUT2D eigenvalue weighted by Gasteiger charge is -2.28. The van der Waals surface area contributed by atoms with Gasteiger partial charge in [-0.3, -0.25) is 0 Å². The normalized spacial score (nSPS) is 16.0. The number of hydrogen-bond donors (Lipinski definition) is 0. The summed E-state index contributed by atoms with van der Waals surface area (Å²) in [7, 11) is 0. The lowest BCUT2D eigenvalue weighted by atomic mass is 9.76. The van der Waals surface area contributed by atoms with Crippen molar-refractivity contribution >= 4 is 0 Å². The molecule has 0 amide bonds. The van der Waals surface area contributed by atoms with Gasteiger partial charge in [-0.15, -0.1) is 0 Å². The van der Waals surface area contributed by atoms with E-state index in [1.54, 1.807) is 12.1 Å². The van der Waals surface area contributed by atoms with E-state index < -0.39 is 0 Å². The first kappa shape index (κ1) is 14.3. The van der Waals surface area contributed by atoms with Gasteiger partial charge in [-0.1, -0.05) is 38.1 Å². The third kappa shape index (κ3) is 2.29. The van der Waals surface area contributed by atoms with Crippen LogP contribution < -0.4 is 0 Å². The van der Waals surface area contributed by atoms with Crippen molar-refractivity contribution in [1.29, 1.82) is 0 Å². The summed E-state index contributed by atoms with van der Waals surface area (Å²) in [6.45, 7) is 6.58. The summed E-state index contributed by atoms with van der Waals surface area (Å²) in [6, 6.07) is 11.9. The average molecular weight is 282 g/mol. The Morgan fingerprint density at radius 3 is 2.48 bits per heavy atom. The monoisotopic (exact) mass is 282 g/mol. The summed E-state index contributed by atoms with van der Waals surface area (Å²) >= 11 is 0. The summed E-state index contributed by atoms with van der Waals surface area (Å²) in [6.07, 6.45) is 4.85. The second-order valence-electron chi connectivity index (χ2n) is 6.32. The van der Waals surface area contributed by atoms with Crippen LogP contribution in [0.3, 0.4) is 0 Å². The predicted octanol–water partition coefficient (Wildman–Crippen LogP) is 5.81. The van der Waals surface area contributed by atoms with Crippen molar-refractivity contribution in [2.45, 2.75) is 51.9 Å². The number of aryl methyl sites for hydroxylation is 2. The maximum Gasteiger partial charge on any atom is 0.123 e. The van der Waals surface area contributed by atoms with Crippen molar-refractivity contribution < 1.29 is 4.39 Å². The van der Waals surface area contributed by atoms with Gasteiger partial charge in [-0.2, -0.15) is 0 Å². The first-order valence-electron chi connectivity index (χ1n) is 7.99. The third-order valence-electron chi connectivity index (χ3n) is 5.41. The number of halogens is 1. The van der Waals surface area contributed by atoms with Crippen molar-refractivity contribution in [3.05, 3.63) is 58.9 Å². The topological polar surface area (TPSA) is 0 Å². The minimum absolute atomic E-state index is 0.158. The number of benzene rings is 2. The Kier molecular flexibility index (Phi) is 3.61. The summed E-state index contributed by atoms with van der Waals surface area (Å²) in [5.41, 5.74) is 6.74. The highest BCUT2D eigenvalue weighted by Crippen LogP contribution is 2.45. The van der Waals surface area contributed by atoms with Crippen molar-refractivity contribution in [3.8, 4) is 11.1 Å². The molecule has 1 aliphatic rings. The summed E-state index contributed by atoms with van der Waals surface area (Å²) in [4.78, 5) is 0. The smallest absolute Gasteiger partial charge is 0.123 e. The summed E-state index contributed by atoms with van der Waals surface area (Å²) in [5, 5.41) is 0. The average Bonchev–Trinajstić information content (AvgIpc) is 2.86. The molecule has 110 valence electrons. The van der Waals surface area contributed by atoms with Gasteiger partial charge in [-0.05, 0) is 78.0 Å². The second kappa shape index (κ2) is 5.29. The Bertz CT molecular complexity index is 666. The van der Waals surface area contributed by atoms with Crippen LogP contribution in [0.5, 0.6) is 0 Å². The Labute approximate surface area is 127 Å². The molecule has 0 fully saturated rings. The molecule has 0 N–H and O–H groups in total. The third-order valence-corrected chi connectivity index (χ3v) is 5.41. The zero-order valence-electron chi connectivity index (χ0n) is 13.2. The standard InChI is InChI=1S/C20H23F/c1-4-20(5-2)11-10-15-6-7-16(13-19(15)20)18-9-8-17(21)12-14(18)3/h6-9,12-13H,4-5,10-11H2,1-3H3. The number of fused-ring (bicyclic) bond motifs is 1. The lowest BCUT2D eigenvalue weighted by molar-refractivity contribution is 0.394. The highest BCUT2D eigenvalue weighted by Gasteiger charge is 2.35. The van der Waals surface area contributed by atoms with Gasteiger partial charge < -0.3 is 0 Å². The minimum atomic E-state index is -0.158. The molecule has 1 aliphatic carbocycles. The van der Waals surface area contributed by atoms with Gasteiger partial charge in [0.25, 0.3) is 0 Å². The molecule has 21 heavy (non-hydrogen) atoms. The van der Waals surface area contributed by atoms with Crippen LogP contribution in [0.4, 0.5) is 4.39 Å². The molecule has 0 atom stereocenters. The molecule has 0 bridgehead atoms. The molecule has 2 aromatic carbocycles. The van der Waals surface area contributed by atoms with Crippen LogP contribution in [0.25, 0.3) is 11.1 Å². The fraction of sp³-hybridized carbons (Fsp3) is 0.400. The van der Waals surface area contributed by atoms with E-state index in [4.69, 9.17) is 0 Å². The maximum atomic E-state index is 13.3. The molecule has 0 unspecified atom stereocenters. The molecule has 0 aliphatic heterocycles. The highest BCUT2D eigenvalue weighted by molar-refractivity contribution is 5.69. The Morgan fingerprint density at radius 2 is 1.81 bits per heavy atom. The molecular formula is C20H23F. The lowest BCUT2D eigenvalue weighted by Crippen LogP contribution is -2.20. The van der Waals surface area contributed by atoms with Crippen LogP contribution in [0, 0.1) is 12.7 Å². The summed E-state index contributed by atoms with van der Waals surface area (Å²) in [5.74, 6) is -0.158. The number of rotatable bonds is 3. The van der Waals surface area contributed by atoms with E-state index in [0.29, 0.717) is 5.41 Å². The minimum Gasteiger partial charge on any atom is -0.207 e. The quantitative estimate of drug-likeness (QED) is 0.667. The van der Waals surface area contributed by atoms with E-state index in [1.165, 1.54) is 42.4 Å². The molecule has 3 rings (SSSR count). The zero-order chi connectivity index (χ0) is 15.0. The maximum absolute atomic E-state index is 13.3. The van der Waals surface area contributed by atoms with Gasteiger partial charge in [0.15, 0.2) is 0 Å². The van der Waals surface area contributed by atoms with Gasteiger partial charge in [0.1, 0.15) is 5.82 Å². The molecule has 0 nitrogen and oxygen atoms in total. The molecule has 0 aromatic heterocycles. The molecule has 0 saturated heterocycles. The summed E-state index contributed by atoms with van der Waals surface area (Å²) < 4.78 is 13.3. The fourth-order valence-corrected chi connectivity index (χ4v) is 3.90. The first-order chi connectivity index (χ1) is 10.1. The van der Waals surface area contributed by atoms with Crippen molar-refractivity contribution in [1.82, 2.24) is 0 Å². The molecular weight excluding hydrogens is 259 g/mol. The molecule has 0 spiro atoms. The second-order valence-corrected chi connectivity index (χ2v) is 6.32. The highest BCUT2D eigenvalue weighted by atomic mass is 19.1. The Balaban J connectivity index is 2.11. The molecule has 1 heteroatoms. The van der Waals surface area contributed by atoms with E-state index in [0.717, 1.165) is 11.1 Å². The van der Waals surface area contributed by atoms with Crippen LogP contribution in [-0.4, -0.2) is 0 Å². The Hall–Kier alpha value is -1.63. The molecule has 0 heterocycles. The van der Waals surface area contributed by atoms with E-state index in [2.05, 4.69) is 32.0 Å². The van der Waals surface area contributed by atoms with Gasteiger partial charge in [0.05, 0.1) is 0 Å². The zero-order valence-corrected chi connectivity index (χ0v) is 13.2. The van der Waals surface area contributed by atoms with Gasteiger partial charge >= 0.3 is 0 Å². The van der Waals surface area contributed by atoms with E-state index in [1.807, 2.05) is 13.0 Å². The van der Waals surface area contributed by atoms with Crippen LogP contribution in [0.15, 0.2) is 36.4 Å². The van der Waals surface area contributed by atoms with E-state index in [-0.39, 0.29) is 5.82 Å². The van der Waals surface area contributed by atoms with Crippen molar-refractivity contribution in [3.63, 3.8) is 0 Å². The predicted molar refractivity (Wildman–Crippen MR) is 87.2 cm³/mol. The van der Waals surface area contributed by atoms with Gasteiger partial charge in [0, 0.05) is 0 Å². The van der Waals surface area contributed by atoms with Crippen LogP contribution >= 0.6 is 0 Å². The Morgan fingerprint density at radius 1 is 1.05 bits per heavy atom. The molecule has 0 saturated carbocycles. The van der Waals surface area contributed by atoms with Crippen molar-refractivity contribution in [2.75, 3.05) is 0 Å². The van der Waals surface area contributed by atoms with Crippen LogP contribution in [-0.2, 0) is 11.8 Å². The SMILES string of the molecule is CCC1(CC)CCc2ccc(-c3ccc(F)cc3C)cc21. The van der Waals surface area contributed by atoms with E-state index in [9.17, 15) is 4.39 Å². The molecule has 0 radical (unpaired) electrons. The first-order valence-corrected chi connectivity index (χ1v) is 7.99. The number of hydrogen-bond acceptors (Lipinski definition) is 0. The van der Waals surface area contributed by atoms with Crippen LogP contribution in [0.2, 0.25) is 0 Å². The largest absolute Gasteiger partial charge is 0.207 e.